The van der Waals surface area contributed by atoms with Crippen LogP contribution in [0.15, 0.2) is 41.5 Å². The number of methoxy groups -OCH3 is 1. The van der Waals surface area contributed by atoms with E-state index < -0.39 is 8.24 Å². The van der Waals surface area contributed by atoms with Crippen molar-refractivity contribution in [3.8, 4) is 0 Å². The number of nitrogens with one attached hydrogen (secondary N) is 1. The van der Waals surface area contributed by atoms with Crippen LogP contribution < -0.4 is 5.09 Å². The summed E-state index contributed by atoms with van der Waals surface area (Å²) in [6.07, 6.45) is 0.928. The lowest BCUT2D eigenvalue weighted by molar-refractivity contribution is 0.160. The molecule has 0 heterocycles. The van der Waals surface area contributed by atoms with Gasteiger partial charge in [-0.15, -0.1) is 0 Å². The summed E-state index contributed by atoms with van der Waals surface area (Å²) in [6, 6.07) is 13.0. The fourth-order valence-corrected chi connectivity index (χ4v) is 3.67. The van der Waals surface area contributed by atoms with Crippen molar-refractivity contribution in [1.82, 2.24) is 5.09 Å². The minimum atomic E-state index is -1.70. The minimum Gasteiger partial charge on any atom is -0.375 e. The lowest BCUT2D eigenvalue weighted by atomic mass is 10.0. The number of nitrogens with zero attached hydrogens (tertiary/aromatic N) is 1. The normalized spacial score (nSPS) is 19.8. The summed E-state index contributed by atoms with van der Waals surface area (Å²) in [5, 5.41) is 11.2. The molecule has 0 spiro atoms. The maximum Gasteiger partial charge on any atom is 0.173 e. The van der Waals surface area contributed by atoms with Crippen molar-refractivity contribution in [3.05, 3.63) is 47.5 Å². The van der Waals surface area contributed by atoms with Crippen molar-refractivity contribution in [2.24, 2.45) is 5.10 Å². The molecule has 1 aliphatic carbocycles. The van der Waals surface area contributed by atoms with Crippen LogP contribution >= 0.6 is 0 Å². The van der Waals surface area contributed by atoms with Gasteiger partial charge in [0, 0.05) is 19.1 Å². The van der Waals surface area contributed by atoms with Gasteiger partial charge in [-0.05, 0) is 34.5 Å². The first kappa shape index (κ1) is 17.2. The zero-order valence-corrected chi connectivity index (χ0v) is 16.6. The third kappa shape index (κ3) is 2.89. The fourth-order valence-electron chi connectivity index (χ4n) is 2.94. The van der Waals surface area contributed by atoms with E-state index in [-0.39, 0.29) is 11.1 Å². The van der Waals surface area contributed by atoms with Crippen LogP contribution in [0.1, 0.15) is 31.9 Å². The Kier molecular flexibility index (Phi) is 4.30. The van der Waals surface area contributed by atoms with Crippen molar-refractivity contribution >= 4 is 24.7 Å². The van der Waals surface area contributed by atoms with E-state index in [1.807, 2.05) is 0 Å². The highest BCUT2D eigenvalue weighted by molar-refractivity contribution is 6.77. The molecule has 4 heteroatoms. The van der Waals surface area contributed by atoms with Gasteiger partial charge in [-0.25, -0.2) is 0 Å². The molecule has 0 aromatic heterocycles. The van der Waals surface area contributed by atoms with Crippen LogP contribution in [0.25, 0.3) is 10.8 Å². The van der Waals surface area contributed by atoms with Gasteiger partial charge in [-0.2, -0.15) is 5.10 Å². The van der Waals surface area contributed by atoms with Gasteiger partial charge in [0.2, 0.25) is 0 Å². The SMILES string of the molecule is CO[C@H]1Cc2ccc3ccccc3c2/C1=N/N[Si](C)(C)C(C)(C)C. The Morgan fingerprint density at radius 2 is 1.83 bits per heavy atom. The Bertz CT molecular complexity index is 790. The highest BCUT2D eigenvalue weighted by atomic mass is 28.3. The smallest absolute Gasteiger partial charge is 0.173 e. The zero-order valence-electron chi connectivity index (χ0n) is 15.6. The van der Waals surface area contributed by atoms with Crippen LogP contribution in [0.4, 0.5) is 0 Å². The predicted octanol–water partition coefficient (Wildman–Crippen LogP) is 4.71. The lowest BCUT2D eigenvalue weighted by Crippen LogP contribution is -2.50. The van der Waals surface area contributed by atoms with Gasteiger partial charge in [0.25, 0.3) is 0 Å². The van der Waals surface area contributed by atoms with E-state index in [4.69, 9.17) is 9.84 Å². The summed E-state index contributed by atoms with van der Waals surface area (Å²) < 4.78 is 5.75. The van der Waals surface area contributed by atoms with Crippen LogP contribution in [0.3, 0.4) is 0 Å². The Morgan fingerprint density at radius 1 is 1.12 bits per heavy atom. The van der Waals surface area contributed by atoms with E-state index in [0.717, 1.165) is 12.1 Å². The highest BCUT2D eigenvalue weighted by Crippen LogP contribution is 2.35. The molecule has 2 aromatic carbocycles. The molecule has 1 atom stereocenters. The molecule has 3 rings (SSSR count). The molecule has 1 N–H and O–H groups in total. The topological polar surface area (TPSA) is 33.6 Å². The molecule has 0 unspecified atom stereocenters. The van der Waals surface area contributed by atoms with Crippen LogP contribution in [0.5, 0.6) is 0 Å². The summed E-state index contributed by atoms with van der Waals surface area (Å²) >= 11 is 0. The maximum absolute atomic E-state index is 5.75. The number of rotatable bonds is 3. The molecule has 1 aliphatic rings. The lowest BCUT2D eigenvalue weighted by Gasteiger charge is -2.36. The first-order valence-electron chi connectivity index (χ1n) is 8.63. The average molecular weight is 341 g/mol. The number of hydrazone groups is 1. The molecule has 24 heavy (non-hydrogen) atoms. The molecule has 0 aliphatic heterocycles. The summed E-state index contributed by atoms with van der Waals surface area (Å²) in [5.74, 6) is 0. The molecule has 0 saturated heterocycles. The second-order valence-corrected chi connectivity index (χ2v) is 13.2. The van der Waals surface area contributed by atoms with Crippen molar-refractivity contribution < 1.29 is 4.74 Å². The molecule has 3 nitrogen and oxygen atoms in total. The van der Waals surface area contributed by atoms with Gasteiger partial charge in [-0.1, -0.05) is 57.2 Å². The second kappa shape index (κ2) is 6.01. The Morgan fingerprint density at radius 3 is 2.50 bits per heavy atom. The van der Waals surface area contributed by atoms with Gasteiger partial charge in [-0.3, -0.25) is 0 Å². The molecule has 0 fully saturated rings. The summed E-state index contributed by atoms with van der Waals surface area (Å²) in [6.45, 7) is 11.5. The monoisotopic (exact) mass is 340 g/mol. The second-order valence-electron chi connectivity index (χ2n) is 8.23. The van der Waals surface area contributed by atoms with Gasteiger partial charge in [0.1, 0.15) is 6.10 Å². The van der Waals surface area contributed by atoms with Gasteiger partial charge in [0.05, 0.1) is 5.71 Å². The van der Waals surface area contributed by atoms with E-state index in [0.29, 0.717) is 0 Å². The van der Waals surface area contributed by atoms with Crippen LogP contribution in [0, 0.1) is 0 Å². The van der Waals surface area contributed by atoms with E-state index >= 15 is 0 Å². The molecule has 0 radical (unpaired) electrons. The first-order chi connectivity index (χ1) is 11.2. The van der Waals surface area contributed by atoms with E-state index in [9.17, 15) is 0 Å². The van der Waals surface area contributed by atoms with Gasteiger partial charge < -0.3 is 9.83 Å². The third-order valence-electron chi connectivity index (χ3n) is 5.60. The Balaban J connectivity index is 2.08. The molecule has 0 saturated carbocycles. The average Bonchev–Trinajstić information content (AvgIpc) is 2.90. The summed E-state index contributed by atoms with van der Waals surface area (Å²) in [5.41, 5.74) is 3.64. The fraction of sp³-hybridized carbons (Fsp3) is 0.450. The van der Waals surface area contributed by atoms with Crippen LogP contribution in [0.2, 0.25) is 18.1 Å². The maximum atomic E-state index is 5.75. The molecule has 128 valence electrons. The number of ether oxygens (including phenoxy) is 1. The minimum absolute atomic E-state index is 0.0306. The van der Waals surface area contributed by atoms with Crippen molar-refractivity contribution in [1.29, 1.82) is 0 Å². The standard InChI is InChI=1S/C20H28N2OSi/c1-20(2,3)24(5,6)22-21-19-17(23-4)13-15-12-11-14-9-7-8-10-16(14)18(15)19/h7-12,17,22H,13H2,1-6H3/b21-19+/t17-/m0/s1. The largest absolute Gasteiger partial charge is 0.375 e. The number of fused-ring (bicyclic) bond motifs is 3. The quantitative estimate of drug-likeness (QED) is 0.648. The third-order valence-corrected chi connectivity index (χ3v) is 10.0. The zero-order chi connectivity index (χ0) is 17.5. The van der Waals surface area contributed by atoms with Gasteiger partial charge >= 0.3 is 0 Å². The number of hydrogen-bond donors (Lipinski definition) is 1. The summed E-state index contributed by atoms with van der Waals surface area (Å²) in [4.78, 5) is 0. The predicted molar refractivity (Wildman–Crippen MR) is 105 cm³/mol. The number of benzene rings is 2. The Labute approximate surface area is 146 Å². The van der Waals surface area contributed by atoms with Gasteiger partial charge in [0.15, 0.2) is 8.24 Å². The van der Waals surface area contributed by atoms with E-state index in [1.165, 1.54) is 21.9 Å². The van der Waals surface area contributed by atoms with Crippen LogP contribution in [-0.4, -0.2) is 27.2 Å². The molecule has 0 amide bonds. The molecular formula is C20H28N2OSi. The van der Waals surface area contributed by atoms with Crippen molar-refractivity contribution in [3.63, 3.8) is 0 Å². The van der Waals surface area contributed by atoms with Crippen LogP contribution in [-0.2, 0) is 11.2 Å². The summed E-state index contributed by atoms with van der Waals surface area (Å²) in [7, 11) is 0.0818. The highest BCUT2D eigenvalue weighted by Gasteiger charge is 2.37. The van der Waals surface area contributed by atoms with E-state index in [2.05, 4.69) is 75.4 Å². The Hall–Kier alpha value is -1.65. The molecule has 0 bridgehead atoms. The molecule has 2 aromatic rings. The number of hydrogen-bond acceptors (Lipinski definition) is 3. The van der Waals surface area contributed by atoms with Crippen molar-refractivity contribution in [2.45, 2.75) is 51.4 Å². The van der Waals surface area contributed by atoms with E-state index in [1.54, 1.807) is 7.11 Å². The molecular weight excluding hydrogens is 312 g/mol. The van der Waals surface area contributed by atoms with Crippen molar-refractivity contribution in [2.75, 3.05) is 7.11 Å². The first-order valence-corrected chi connectivity index (χ1v) is 11.6.